The first-order valence-electron chi connectivity index (χ1n) is 20.3. The van der Waals surface area contributed by atoms with E-state index < -0.39 is 88.8 Å². The Labute approximate surface area is 350 Å². The average molecular weight is 837 g/mol. The largest absolute Gasteiger partial charge is 0.507 e. The van der Waals surface area contributed by atoms with Crippen LogP contribution in [0.25, 0.3) is 10.8 Å². The number of ketones is 1. The summed E-state index contributed by atoms with van der Waals surface area (Å²) in [5.41, 5.74) is -0.340. The molecule has 6 N–H and O–H groups in total. The number of ether oxygens (including phenoxy) is 4. The Morgan fingerprint density at radius 2 is 1.65 bits per heavy atom. The molecular weight excluding hydrogens is 776 g/mol. The monoisotopic (exact) mass is 836 g/mol. The minimum Gasteiger partial charge on any atom is -0.507 e. The van der Waals surface area contributed by atoms with Crippen LogP contribution in [-0.2, 0) is 23.8 Å². The molecule has 1 saturated heterocycles. The Kier molecular flexibility index (Phi) is 14.3. The number of likely N-dealkylation sites (N-methyl/N-ethyl adjacent to an activating group) is 1. The molecule has 60 heavy (non-hydrogen) atoms. The Bertz CT molecular complexity index is 2100. The van der Waals surface area contributed by atoms with Gasteiger partial charge in [-0.1, -0.05) is 45.9 Å². The number of carbonyl (C=O) groups is 3. The maximum atomic E-state index is 14.5. The molecular formula is C44H60N4O12. The van der Waals surface area contributed by atoms with Crippen LogP contribution in [0.1, 0.15) is 76.4 Å². The second-order valence-corrected chi connectivity index (χ2v) is 16.5. The number of benzene rings is 2. The number of aliphatic hydroxyl groups excluding tert-OH is 2. The van der Waals surface area contributed by atoms with Gasteiger partial charge in [-0.25, -0.2) is 0 Å². The van der Waals surface area contributed by atoms with Crippen LogP contribution in [0.2, 0.25) is 0 Å². The molecule has 0 aliphatic carbocycles. The number of nitrogens with zero attached hydrogens (tertiary/aromatic N) is 3. The number of rotatable bonds is 4. The van der Waals surface area contributed by atoms with Crippen molar-refractivity contribution in [3.63, 3.8) is 0 Å². The van der Waals surface area contributed by atoms with Crippen molar-refractivity contribution in [1.82, 2.24) is 9.91 Å². The number of phenols is 3. The van der Waals surface area contributed by atoms with Gasteiger partial charge in [0.15, 0.2) is 5.75 Å². The van der Waals surface area contributed by atoms with Crippen LogP contribution in [0.15, 0.2) is 41.2 Å². The van der Waals surface area contributed by atoms with Crippen molar-refractivity contribution in [3.05, 3.63) is 52.8 Å². The minimum atomic E-state index is -2.04. The minimum absolute atomic E-state index is 0.0571. The molecule has 6 rings (SSSR count). The lowest BCUT2D eigenvalue weighted by Crippen LogP contribution is -2.46. The number of amides is 1. The van der Waals surface area contributed by atoms with E-state index in [0.29, 0.717) is 13.1 Å². The number of allylic oxidation sites excluding steroid dienone is 2. The number of fused-ring (bicyclic) bond motifs is 14. The highest BCUT2D eigenvalue weighted by Gasteiger charge is 2.50. The molecule has 0 unspecified atom stereocenters. The summed E-state index contributed by atoms with van der Waals surface area (Å²) in [7, 11) is 3.44. The summed E-state index contributed by atoms with van der Waals surface area (Å²) in [5.74, 6) is -8.34. The molecule has 4 aliphatic rings. The molecule has 1 amide bonds. The average Bonchev–Trinajstić information content (AvgIpc) is 3.31. The summed E-state index contributed by atoms with van der Waals surface area (Å²) < 4.78 is 23.6. The third-order valence-electron chi connectivity index (χ3n) is 12.1. The molecule has 5 bridgehead atoms. The third kappa shape index (κ3) is 9.11. The van der Waals surface area contributed by atoms with Crippen molar-refractivity contribution in [1.29, 1.82) is 0 Å². The molecule has 0 aromatic heterocycles. The van der Waals surface area contributed by atoms with E-state index in [2.05, 4.69) is 15.3 Å². The van der Waals surface area contributed by atoms with Crippen molar-refractivity contribution >= 4 is 40.3 Å². The molecule has 2 aromatic carbocycles. The smallest absolute Gasteiger partial charge is 0.312 e. The molecule has 4 aliphatic heterocycles. The highest BCUT2D eigenvalue weighted by atomic mass is 16.7. The number of esters is 1. The summed E-state index contributed by atoms with van der Waals surface area (Å²) in [6, 6.07) is 0. The van der Waals surface area contributed by atoms with E-state index in [0.717, 1.165) is 19.5 Å². The molecule has 0 radical (unpaired) electrons. The van der Waals surface area contributed by atoms with Crippen LogP contribution in [0.5, 0.6) is 23.0 Å². The second-order valence-electron chi connectivity index (χ2n) is 16.5. The molecule has 0 saturated carbocycles. The zero-order valence-electron chi connectivity index (χ0n) is 36.1. The van der Waals surface area contributed by atoms with Gasteiger partial charge in [0.05, 0.1) is 53.0 Å². The molecule has 1 fully saturated rings. The van der Waals surface area contributed by atoms with E-state index in [1.807, 2.05) is 7.05 Å². The molecule has 16 nitrogen and oxygen atoms in total. The normalized spacial score (nSPS) is 31.9. The molecule has 16 heteroatoms. The number of hydrogen-bond donors (Lipinski definition) is 6. The van der Waals surface area contributed by atoms with Crippen molar-refractivity contribution in [2.24, 2.45) is 28.8 Å². The Balaban J connectivity index is 1.71. The van der Waals surface area contributed by atoms with E-state index in [9.17, 15) is 39.9 Å². The molecule has 2 aromatic rings. The van der Waals surface area contributed by atoms with Gasteiger partial charge in [0, 0.05) is 80.8 Å². The summed E-state index contributed by atoms with van der Waals surface area (Å²) >= 11 is 0. The summed E-state index contributed by atoms with van der Waals surface area (Å²) in [6.07, 6.45) is 5.70. The number of methoxy groups -OCH3 is 1. The first-order valence-corrected chi connectivity index (χ1v) is 20.3. The third-order valence-corrected chi connectivity index (χ3v) is 12.1. The lowest BCUT2D eigenvalue weighted by Gasteiger charge is -2.38. The van der Waals surface area contributed by atoms with Crippen LogP contribution < -0.4 is 10.1 Å². The van der Waals surface area contributed by atoms with Gasteiger partial charge in [-0.3, -0.25) is 19.4 Å². The zero-order chi connectivity index (χ0) is 44.4. The molecule has 4 heterocycles. The number of nitrogens with one attached hydrogen (secondary N) is 1. The van der Waals surface area contributed by atoms with E-state index in [1.54, 1.807) is 44.9 Å². The summed E-state index contributed by atoms with van der Waals surface area (Å²) in [6.45, 7) is 15.3. The predicted octanol–water partition coefficient (Wildman–Crippen LogP) is 4.73. The number of anilines is 1. The van der Waals surface area contributed by atoms with Gasteiger partial charge in [-0.15, -0.1) is 0 Å². The maximum absolute atomic E-state index is 14.5. The van der Waals surface area contributed by atoms with E-state index in [4.69, 9.17) is 18.9 Å². The van der Waals surface area contributed by atoms with Crippen molar-refractivity contribution in [2.75, 3.05) is 45.7 Å². The van der Waals surface area contributed by atoms with Gasteiger partial charge in [-0.05, 0) is 39.9 Å². The van der Waals surface area contributed by atoms with Gasteiger partial charge in [0.1, 0.15) is 23.4 Å². The van der Waals surface area contributed by atoms with Crippen molar-refractivity contribution < 1.29 is 58.9 Å². The quantitative estimate of drug-likeness (QED) is 0.106. The Morgan fingerprint density at radius 3 is 2.32 bits per heavy atom. The van der Waals surface area contributed by atoms with Gasteiger partial charge >= 0.3 is 11.8 Å². The fraction of sp³-hybridized carbons (Fsp3) is 0.545. The Morgan fingerprint density at radius 1 is 0.950 bits per heavy atom. The first kappa shape index (κ1) is 45.9. The number of hydrogen-bond acceptors (Lipinski definition) is 15. The van der Waals surface area contributed by atoms with E-state index in [-0.39, 0.29) is 44.5 Å². The number of carbonyl (C=O) groups excluding carboxylic acids is 3. The van der Waals surface area contributed by atoms with Crippen LogP contribution in [-0.4, -0.2) is 130 Å². The van der Waals surface area contributed by atoms with Crippen molar-refractivity contribution in [3.8, 4) is 23.0 Å². The predicted molar refractivity (Wildman–Crippen MR) is 225 cm³/mol. The van der Waals surface area contributed by atoms with E-state index >= 15 is 0 Å². The SMILES string of the molecule is CO[C@H]1/C=C/O[C@@]2(C)Oc3c(C)c(O)c4c(O)c(c(/C=N\N5CCCN(C)CC5)c(O)c4c3C2=O)NC(=O)/C(C)=C\C=C\[C@@H](C)[C@H](O)[C@@H](C)[C@H](O)[C@@H](C)[C@H](OC(C)=O)[C@@H]1C. The molecule has 9 atom stereocenters. The topological polar surface area (TPSA) is 220 Å². The van der Waals surface area contributed by atoms with Crippen LogP contribution in [0.3, 0.4) is 0 Å². The number of aromatic hydroxyl groups is 3. The number of aliphatic hydroxyl groups is 2. The number of hydrazone groups is 1. The summed E-state index contributed by atoms with van der Waals surface area (Å²) in [5, 5.41) is 67.1. The van der Waals surface area contributed by atoms with Crippen LogP contribution in [0, 0.1) is 30.6 Å². The fourth-order valence-electron chi connectivity index (χ4n) is 8.16. The highest BCUT2D eigenvalue weighted by molar-refractivity contribution is 6.23. The second kappa shape index (κ2) is 18.6. The Hall–Kier alpha value is -5.16. The fourth-order valence-corrected chi connectivity index (χ4v) is 8.16. The number of phenolic OH excluding ortho intramolecular Hbond substituents is 3. The van der Waals surface area contributed by atoms with Crippen molar-refractivity contribution in [2.45, 2.75) is 92.0 Å². The molecule has 328 valence electrons. The van der Waals surface area contributed by atoms with Gasteiger partial charge in [0.2, 0.25) is 0 Å². The summed E-state index contributed by atoms with van der Waals surface area (Å²) in [4.78, 5) is 42.8. The highest BCUT2D eigenvalue weighted by Crippen LogP contribution is 2.55. The zero-order valence-corrected chi connectivity index (χ0v) is 36.1. The molecule has 0 spiro atoms. The van der Waals surface area contributed by atoms with Crippen LogP contribution >= 0.6 is 0 Å². The lowest BCUT2D eigenvalue weighted by atomic mass is 9.78. The lowest BCUT2D eigenvalue weighted by molar-refractivity contribution is -0.160. The van der Waals surface area contributed by atoms with Crippen LogP contribution in [0.4, 0.5) is 5.69 Å². The van der Waals surface area contributed by atoms with Gasteiger partial charge < -0.3 is 54.7 Å². The standard InChI is InChI=1S/C44H60N4O12/c1-22-13-11-14-23(2)43(56)46-34-29(21-45-48-17-12-16-47(9)18-19-48)38(53)31-32(39(34)54)37(52)27(6)41-33(31)42(55)44(8,60-41)58-20-15-30(57-10)24(3)40(59-28(7)49)26(5)36(51)25(4)35(22)50/h11,13-15,20-22,24-26,30,35-36,40,50-54H,12,16-19H2,1-10H3,(H,46,56)/b13-11+,20-15+,23-14-,45-21-/t22-,24-,25-,26-,30+,35+,36+,40-,44+/m1/s1. The maximum Gasteiger partial charge on any atom is 0.312 e. The van der Waals surface area contributed by atoms with Gasteiger partial charge in [0.25, 0.3) is 11.7 Å². The number of Topliss-reactive ketones (excluding diaryl/α,β-unsaturated/α-hetero) is 1. The van der Waals surface area contributed by atoms with Gasteiger partial charge in [-0.2, -0.15) is 5.10 Å². The first-order chi connectivity index (χ1) is 28.2. The van der Waals surface area contributed by atoms with E-state index in [1.165, 1.54) is 59.4 Å².